The normalized spacial score (nSPS) is 12.0. The van der Waals surface area contributed by atoms with Gasteiger partial charge in [0.1, 0.15) is 11.6 Å². The third-order valence-electron chi connectivity index (χ3n) is 3.10. The Balaban J connectivity index is 2.23. The predicted molar refractivity (Wildman–Crippen MR) is 74.7 cm³/mol. The van der Waals surface area contributed by atoms with Crippen molar-refractivity contribution in [1.29, 1.82) is 0 Å². The number of hydrogen-bond donors (Lipinski definition) is 1. The van der Waals surface area contributed by atoms with Crippen molar-refractivity contribution in [2.75, 3.05) is 7.05 Å². The van der Waals surface area contributed by atoms with E-state index in [4.69, 9.17) is 0 Å². The molecule has 108 valence electrons. The Morgan fingerprint density at radius 3 is 2.40 bits per heavy atom. The molecule has 0 saturated carbocycles. The molecule has 0 amide bonds. The maximum atomic E-state index is 12.4. The van der Waals surface area contributed by atoms with E-state index >= 15 is 0 Å². The molecule has 1 aromatic heterocycles. The Hall–Kier alpha value is -1.86. The molecule has 0 radical (unpaired) electrons. The van der Waals surface area contributed by atoms with Crippen LogP contribution in [-0.2, 0) is 23.6 Å². The van der Waals surface area contributed by atoms with Gasteiger partial charge in [-0.2, -0.15) is 4.31 Å². The van der Waals surface area contributed by atoms with Crippen LogP contribution in [-0.4, -0.2) is 34.4 Å². The number of aromatic nitrogens is 2. The minimum Gasteiger partial charge on any atom is -0.508 e. The number of phenolic OH excluding ortho intramolecular Hbond substituents is 1. The number of aromatic hydroxyl groups is 1. The number of imidazole rings is 1. The van der Waals surface area contributed by atoms with Gasteiger partial charge in [-0.1, -0.05) is 12.1 Å². The van der Waals surface area contributed by atoms with Gasteiger partial charge < -0.3 is 9.67 Å². The summed E-state index contributed by atoms with van der Waals surface area (Å²) in [5.74, 6) is 0.793. The fraction of sp³-hybridized carbons (Fsp3) is 0.308. The topological polar surface area (TPSA) is 75.4 Å². The Morgan fingerprint density at radius 2 is 1.90 bits per heavy atom. The molecule has 2 aromatic rings. The van der Waals surface area contributed by atoms with Crippen LogP contribution in [0.5, 0.6) is 5.75 Å². The number of benzene rings is 1. The first kappa shape index (κ1) is 14.5. The smallest absolute Gasteiger partial charge is 0.262 e. The summed E-state index contributed by atoms with van der Waals surface area (Å²) in [6, 6.07) is 6.43. The number of phenols is 1. The molecule has 1 N–H and O–H groups in total. The van der Waals surface area contributed by atoms with E-state index in [1.165, 1.54) is 29.7 Å². The minimum absolute atomic E-state index is 0.0405. The Morgan fingerprint density at radius 1 is 1.30 bits per heavy atom. The molecule has 0 bridgehead atoms. The third-order valence-corrected chi connectivity index (χ3v) is 4.78. The molecule has 0 aliphatic heterocycles. The van der Waals surface area contributed by atoms with Gasteiger partial charge in [-0.15, -0.1) is 0 Å². The molecule has 20 heavy (non-hydrogen) atoms. The van der Waals surface area contributed by atoms with Gasteiger partial charge in [0, 0.05) is 26.8 Å². The average molecular weight is 295 g/mol. The minimum atomic E-state index is -3.61. The second-order valence-electron chi connectivity index (χ2n) is 4.66. The summed E-state index contributed by atoms with van der Waals surface area (Å²) in [4.78, 5) is 4.05. The molecule has 0 atom stereocenters. The van der Waals surface area contributed by atoms with Gasteiger partial charge in [0.05, 0.1) is 0 Å². The highest BCUT2D eigenvalue weighted by Gasteiger charge is 2.24. The standard InChI is InChI=1S/C13H17N3O3S/c1-10-14-13(9-15(10)2)20(18,19)16(3)8-11-4-6-12(17)7-5-11/h4-7,9,17H,8H2,1-3H3. The zero-order valence-electron chi connectivity index (χ0n) is 11.6. The third kappa shape index (κ3) is 2.83. The van der Waals surface area contributed by atoms with Gasteiger partial charge in [0.15, 0.2) is 5.03 Å². The van der Waals surface area contributed by atoms with E-state index in [0.29, 0.717) is 5.82 Å². The Bertz CT molecular complexity index is 685. The Labute approximate surface area is 118 Å². The van der Waals surface area contributed by atoms with Crippen LogP contribution in [0.25, 0.3) is 0 Å². The molecule has 0 spiro atoms. The molecular formula is C13H17N3O3S. The molecule has 0 aliphatic rings. The summed E-state index contributed by atoms with van der Waals surface area (Å²) in [7, 11) is -0.353. The van der Waals surface area contributed by atoms with Gasteiger partial charge in [-0.05, 0) is 24.6 Å². The fourth-order valence-electron chi connectivity index (χ4n) is 1.75. The van der Waals surface area contributed by atoms with E-state index in [2.05, 4.69) is 4.98 Å². The summed E-state index contributed by atoms with van der Waals surface area (Å²) in [5.41, 5.74) is 0.793. The van der Waals surface area contributed by atoms with Crippen LogP contribution < -0.4 is 0 Å². The number of aryl methyl sites for hydroxylation is 2. The van der Waals surface area contributed by atoms with Crippen molar-refractivity contribution < 1.29 is 13.5 Å². The van der Waals surface area contributed by atoms with Gasteiger partial charge in [-0.25, -0.2) is 13.4 Å². The van der Waals surface area contributed by atoms with E-state index in [0.717, 1.165) is 5.56 Å². The van der Waals surface area contributed by atoms with Crippen molar-refractivity contribution in [3.63, 3.8) is 0 Å². The van der Waals surface area contributed by atoms with E-state index in [-0.39, 0.29) is 17.3 Å². The van der Waals surface area contributed by atoms with Crippen LogP contribution in [0.1, 0.15) is 11.4 Å². The summed E-state index contributed by atoms with van der Waals surface area (Å²) in [5, 5.41) is 9.26. The predicted octanol–water partition coefficient (Wildman–Crippen LogP) is 1.25. The highest BCUT2D eigenvalue weighted by molar-refractivity contribution is 7.89. The van der Waals surface area contributed by atoms with Crippen molar-refractivity contribution in [3.05, 3.63) is 41.9 Å². The van der Waals surface area contributed by atoms with Gasteiger partial charge >= 0.3 is 0 Å². The number of nitrogens with zero attached hydrogens (tertiary/aromatic N) is 3. The summed E-state index contributed by atoms with van der Waals surface area (Å²) in [6.45, 7) is 1.97. The van der Waals surface area contributed by atoms with E-state index in [1.807, 2.05) is 0 Å². The zero-order valence-corrected chi connectivity index (χ0v) is 12.4. The van der Waals surface area contributed by atoms with Crippen LogP contribution in [0, 0.1) is 6.92 Å². The van der Waals surface area contributed by atoms with E-state index in [9.17, 15) is 13.5 Å². The quantitative estimate of drug-likeness (QED) is 0.921. The largest absolute Gasteiger partial charge is 0.508 e. The lowest BCUT2D eigenvalue weighted by atomic mass is 10.2. The molecule has 0 aliphatic carbocycles. The second kappa shape index (κ2) is 5.26. The van der Waals surface area contributed by atoms with Gasteiger partial charge in [0.25, 0.3) is 10.0 Å². The van der Waals surface area contributed by atoms with Crippen LogP contribution in [0.2, 0.25) is 0 Å². The van der Waals surface area contributed by atoms with Crippen molar-refractivity contribution >= 4 is 10.0 Å². The van der Waals surface area contributed by atoms with Crippen LogP contribution in [0.15, 0.2) is 35.5 Å². The molecular weight excluding hydrogens is 278 g/mol. The van der Waals surface area contributed by atoms with Crippen molar-refractivity contribution in [3.8, 4) is 5.75 Å². The molecule has 7 heteroatoms. The van der Waals surface area contributed by atoms with Crippen molar-refractivity contribution in [1.82, 2.24) is 13.9 Å². The molecule has 0 fully saturated rings. The number of rotatable bonds is 4. The highest BCUT2D eigenvalue weighted by atomic mass is 32.2. The van der Waals surface area contributed by atoms with Crippen LogP contribution in [0.3, 0.4) is 0 Å². The Kier molecular flexibility index (Phi) is 3.82. The first-order chi connectivity index (χ1) is 9.30. The molecule has 1 aromatic carbocycles. The molecule has 0 unspecified atom stereocenters. The van der Waals surface area contributed by atoms with Gasteiger partial charge in [0.2, 0.25) is 0 Å². The zero-order chi connectivity index (χ0) is 14.9. The molecule has 1 heterocycles. The first-order valence-corrected chi connectivity index (χ1v) is 7.49. The first-order valence-electron chi connectivity index (χ1n) is 6.05. The van der Waals surface area contributed by atoms with Crippen molar-refractivity contribution in [2.45, 2.75) is 18.5 Å². The summed E-state index contributed by atoms with van der Waals surface area (Å²) < 4.78 is 27.6. The summed E-state index contributed by atoms with van der Waals surface area (Å²) >= 11 is 0. The van der Waals surface area contributed by atoms with E-state index in [1.54, 1.807) is 30.7 Å². The second-order valence-corrected chi connectivity index (χ2v) is 6.66. The number of sulfonamides is 1. The van der Waals surface area contributed by atoms with Crippen LogP contribution in [0.4, 0.5) is 0 Å². The lowest BCUT2D eigenvalue weighted by molar-refractivity contribution is 0.461. The van der Waals surface area contributed by atoms with E-state index < -0.39 is 10.0 Å². The molecule has 0 saturated heterocycles. The summed E-state index contributed by atoms with van der Waals surface area (Å²) in [6.07, 6.45) is 1.50. The van der Waals surface area contributed by atoms with Crippen molar-refractivity contribution in [2.24, 2.45) is 7.05 Å². The fourth-order valence-corrected chi connectivity index (χ4v) is 2.93. The van der Waals surface area contributed by atoms with Crippen LogP contribution >= 0.6 is 0 Å². The average Bonchev–Trinajstić information content (AvgIpc) is 2.73. The molecule has 6 nitrogen and oxygen atoms in total. The maximum Gasteiger partial charge on any atom is 0.262 e. The SMILES string of the molecule is Cc1nc(S(=O)(=O)N(C)Cc2ccc(O)cc2)cn1C. The maximum absolute atomic E-state index is 12.4. The monoisotopic (exact) mass is 295 g/mol. The number of hydrogen-bond acceptors (Lipinski definition) is 4. The molecule has 2 rings (SSSR count). The lowest BCUT2D eigenvalue weighted by Crippen LogP contribution is -2.26. The van der Waals surface area contributed by atoms with Gasteiger partial charge in [-0.3, -0.25) is 0 Å². The highest BCUT2D eigenvalue weighted by Crippen LogP contribution is 2.17. The lowest BCUT2D eigenvalue weighted by Gasteiger charge is -2.15.